The van der Waals surface area contributed by atoms with E-state index in [-0.39, 0.29) is 4.90 Å². The molecule has 1 aromatic carbocycles. The first-order valence-electron chi connectivity index (χ1n) is 6.43. The van der Waals surface area contributed by atoms with E-state index in [2.05, 4.69) is 20.4 Å². The predicted molar refractivity (Wildman–Crippen MR) is 90.2 cm³/mol. The number of anilines is 1. The van der Waals surface area contributed by atoms with E-state index in [9.17, 15) is 8.42 Å². The molecule has 0 aliphatic heterocycles. The number of aromatic nitrogens is 4. The number of hydrogen-bond donors (Lipinski definition) is 2. The highest BCUT2D eigenvalue weighted by molar-refractivity contribution is 7.98. The maximum atomic E-state index is 11.5. The summed E-state index contributed by atoms with van der Waals surface area (Å²) in [5, 5.41) is 10.8. The van der Waals surface area contributed by atoms with Gasteiger partial charge >= 0.3 is 0 Å². The summed E-state index contributed by atoms with van der Waals surface area (Å²) in [5.41, 5.74) is 7.73. The van der Waals surface area contributed by atoms with Crippen molar-refractivity contribution in [3.8, 4) is 0 Å². The first kappa shape index (κ1) is 16.0. The molecule has 0 saturated heterocycles. The standard InChI is InChI=1S/C13H12ClN5O2S2/c1-23(20,21)8-3-2-7(9(14)4-8)6-22-10-5-11(15)16-13-12(10)17-19-18-13/h2-5H,6H2,1H3,(H3,15,16,17,18,19). The monoisotopic (exact) mass is 369 g/mol. The molecule has 0 saturated carbocycles. The van der Waals surface area contributed by atoms with Gasteiger partial charge < -0.3 is 5.73 Å². The minimum Gasteiger partial charge on any atom is -0.384 e. The fourth-order valence-corrected chi connectivity index (χ4v) is 4.05. The third kappa shape index (κ3) is 3.41. The third-order valence-electron chi connectivity index (χ3n) is 3.12. The lowest BCUT2D eigenvalue weighted by atomic mass is 10.2. The number of sulfone groups is 1. The number of H-pyrrole nitrogens is 1. The third-order valence-corrected chi connectivity index (χ3v) is 5.66. The number of aromatic amines is 1. The molecule has 3 aromatic rings. The highest BCUT2D eigenvalue weighted by Crippen LogP contribution is 2.32. The molecule has 0 radical (unpaired) electrons. The van der Waals surface area contributed by atoms with Crippen molar-refractivity contribution in [2.45, 2.75) is 15.5 Å². The Hall–Kier alpha value is -1.84. The molecule has 0 unspecified atom stereocenters. The predicted octanol–water partition coefficient (Wildman–Crippen LogP) is 2.28. The number of nitrogens with zero attached hydrogens (tertiary/aromatic N) is 3. The van der Waals surface area contributed by atoms with Crippen LogP contribution >= 0.6 is 23.4 Å². The molecule has 23 heavy (non-hydrogen) atoms. The summed E-state index contributed by atoms with van der Waals surface area (Å²) >= 11 is 7.65. The fraction of sp³-hybridized carbons (Fsp3) is 0.154. The van der Waals surface area contributed by atoms with Crippen LogP contribution in [0.3, 0.4) is 0 Å². The van der Waals surface area contributed by atoms with Crippen molar-refractivity contribution in [1.82, 2.24) is 20.4 Å². The van der Waals surface area contributed by atoms with Gasteiger partial charge in [0.25, 0.3) is 0 Å². The Kier molecular flexibility index (Phi) is 4.17. The van der Waals surface area contributed by atoms with Gasteiger partial charge in [-0.2, -0.15) is 0 Å². The summed E-state index contributed by atoms with van der Waals surface area (Å²) in [7, 11) is -3.27. The molecule has 2 aromatic heterocycles. The maximum Gasteiger partial charge on any atom is 0.179 e. The van der Waals surface area contributed by atoms with Gasteiger partial charge in [-0.25, -0.2) is 18.5 Å². The van der Waals surface area contributed by atoms with Crippen molar-refractivity contribution < 1.29 is 8.42 Å². The average Bonchev–Trinajstić information content (AvgIpc) is 2.92. The molecule has 0 amide bonds. The van der Waals surface area contributed by atoms with Crippen LogP contribution in [-0.2, 0) is 15.6 Å². The van der Waals surface area contributed by atoms with E-state index >= 15 is 0 Å². The molecule has 120 valence electrons. The van der Waals surface area contributed by atoms with E-state index in [0.717, 1.165) is 16.7 Å². The molecule has 7 nitrogen and oxygen atoms in total. The Morgan fingerprint density at radius 2 is 2.13 bits per heavy atom. The van der Waals surface area contributed by atoms with Crippen LogP contribution in [0, 0.1) is 0 Å². The smallest absolute Gasteiger partial charge is 0.179 e. The topological polar surface area (TPSA) is 115 Å². The van der Waals surface area contributed by atoms with Gasteiger partial charge in [-0.05, 0) is 23.8 Å². The Morgan fingerprint density at radius 1 is 1.35 bits per heavy atom. The number of halogens is 1. The lowest BCUT2D eigenvalue weighted by molar-refractivity contribution is 0.602. The molecule has 0 fully saturated rings. The molecule has 0 atom stereocenters. The highest BCUT2D eigenvalue weighted by atomic mass is 35.5. The summed E-state index contributed by atoms with van der Waals surface area (Å²) in [6.45, 7) is 0. The molecule has 0 aliphatic carbocycles. The molecule has 2 heterocycles. The molecule has 3 N–H and O–H groups in total. The number of benzene rings is 1. The second-order valence-electron chi connectivity index (χ2n) is 4.87. The number of nitrogen functional groups attached to an aromatic ring is 1. The number of thioether (sulfide) groups is 1. The largest absolute Gasteiger partial charge is 0.384 e. The summed E-state index contributed by atoms with van der Waals surface area (Å²) in [6, 6.07) is 6.42. The number of hydrogen-bond acceptors (Lipinski definition) is 7. The van der Waals surface area contributed by atoms with Gasteiger partial charge in [-0.15, -0.1) is 16.9 Å². The van der Waals surface area contributed by atoms with E-state index in [1.165, 1.54) is 17.8 Å². The van der Waals surface area contributed by atoms with Crippen molar-refractivity contribution in [1.29, 1.82) is 0 Å². The summed E-state index contributed by atoms with van der Waals surface area (Å²) in [6.07, 6.45) is 1.15. The van der Waals surface area contributed by atoms with Crippen LogP contribution in [0.1, 0.15) is 5.56 Å². The van der Waals surface area contributed by atoms with Crippen LogP contribution in [0.5, 0.6) is 0 Å². The van der Waals surface area contributed by atoms with Crippen molar-refractivity contribution >= 4 is 50.2 Å². The van der Waals surface area contributed by atoms with Gasteiger partial charge in [0.05, 0.1) is 4.90 Å². The summed E-state index contributed by atoms with van der Waals surface area (Å²) < 4.78 is 23.1. The van der Waals surface area contributed by atoms with Gasteiger partial charge in [0.1, 0.15) is 11.3 Å². The van der Waals surface area contributed by atoms with Crippen LogP contribution in [-0.4, -0.2) is 35.1 Å². The molecule has 3 rings (SSSR count). The minimum absolute atomic E-state index is 0.197. The molecule has 0 aliphatic rings. The normalized spacial score (nSPS) is 11.9. The molecular weight excluding hydrogens is 358 g/mol. The van der Waals surface area contributed by atoms with Crippen molar-refractivity contribution in [3.05, 3.63) is 34.9 Å². The zero-order chi connectivity index (χ0) is 16.6. The lowest BCUT2D eigenvalue weighted by Crippen LogP contribution is -1.97. The first-order chi connectivity index (χ1) is 10.8. The Balaban J connectivity index is 1.87. The zero-order valence-electron chi connectivity index (χ0n) is 11.9. The number of nitrogens with two attached hydrogens (primary N) is 1. The van der Waals surface area contributed by atoms with E-state index in [1.807, 2.05) is 0 Å². The second-order valence-corrected chi connectivity index (χ2v) is 8.31. The van der Waals surface area contributed by atoms with E-state index in [1.54, 1.807) is 18.2 Å². The summed E-state index contributed by atoms with van der Waals surface area (Å²) in [5.74, 6) is 0.901. The first-order valence-corrected chi connectivity index (χ1v) is 9.68. The van der Waals surface area contributed by atoms with Crippen LogP contribution < -0.4 is 5.73 Å². The number of rotatable bonds is 4. The fourth-order valence-electron chi connectivity index (χ4n) is 1.97. The van der Waals surface area contributed by atoms with E-state index < -0.39 is 9.84 Å². The number of fused-ring (bicyclic) bond motifs is 1. The van der Waals surface area contributed by atoms with Gasteiger partial charge in [0, 0.05) is 21.9 Å². The Bertz CT molecular complexity index is 987. The van der Waals surface area contributed by atoms with Crippen LogP contribution in [0.2, 0.25) is 5.02 Å². The van der Waals surface area contributed by atoms with Crippen LogP contribution in [0.25, 0.3) is 11.2 Å². The van der Waals surface area contributed by atoms with Crippen molar-refractivity contribution in [3.63, 3.8) is 0 Å². The average molecular weight is 370 g/mol. The van der Waals surface area contributed by atoms with Crippen molar-refractivity contribution in [2.24, 2.45) is 0 Å². The Morgan fingerprint density at radius 3 is 2.83 bits per heavy atom. The van der Waals surface area contributed by atoms with Gasteiger partial charge in [0.15, 0.2) is 15.5 Å². The maximum absolute atomic E-state index is 11.5. The summed E-state index contributed by atoms with van der Waals surface area (Å²) in [4.78, 5) is 5.12. The quantitative estimate of drug-likeness (QED) is 0.678. The lowest BCUT2D eigenvalue weighted by Gasteiger charge is -2.07. The molecule has 0 bridgehead atoms. The van der Waals surface area contributed by atoms with Crippen molar-refractivity contribution in [2.75, 3.05) is 12.0 Å². The number of nitrogens with one attached hydrogen (secondary N) is 1. The van der Waals surface area contributed by atoms with Gasteiger partial charge in [-0.3, -0.25) is 0 Å². The van der Waals surface area contributed by atoms with Crippen LogP contribution in [0.15, 0.2) is 34.1 Å². The highest BCUT2D eigenvalue weighted by Gasteiger charge is 2.12. The zero-order valence-corrected chi connectivity index (χ0v) is 14.3. The second kappa shape index (κ2) is 5.99. The van der Waals surface area contributed by atoms with Gasteiger partial charge in [0.2, 0.25) is 0 Å². The number of pyridine rings is 1. The SMILES string of the molecule is CS(=O)(=O)c1ccc(CSc2cc(N)nc3[nH]nnc23)c(Cl)c1. The molecule has 10 heteroatoms. The molecule has 0 spiro atoms. The van der Waals surface area contributed by atoms with Crippen LogP contribution in [0.4, 0.5) is 5.82 Å². The van der Waals surface area contributed by atoms with E-state index in [4.69, 9.17) is 17.3 Å². The molecular formula is C13H12ClN5O2S2. The minimum atomic E-state index is -3.27. The Labute approximate surface area is 141 Å². The van der Waals surface area contributed by atoms with Gasteiger partial charge in [-0.1, -0.05) is 22.9 Å². The van der Waals surface area contributed by atoms with E-state index in [0.29, 0.717) is 27.8 Å².